The predicted molar refractivity (Wildman–Crippen MR) is 84.9 cm³/mol. The highest BCUT2D eigenvalue weighted by molar-refractivity contribution is 7.92. The lowest BCUT2D eigenvalue weighted by Gasteiger charge is -2.11. The lowest BCUT2D eigenvalue weighted by atomic mass is 9.99. The van der Waals surface area contributed by atoms with Gasteiger partial charge in [-0.15, -0.1) is 0 Å². The summed E-state index contributed by atoms with van der Waals surface area (Å²) in [6.07, 6.45) is 1.03. The molecule has 2 rings (SSSR count). The van der Waals surface area contributed by atoms with Crippen molar-refractivity contribution in [2.45, 2.75) is 38.0 Å². The number of hydrogen-bond donors (Lipinski definition) is 1. The van der Waals surface area contributed by atoms with Crippen molar-refractivity contribution >= 4 is 15.8 Å². The van der Waals surface area contributed by atoms with Crippen LogP contribution in [-0.2, 0) is 10.0 Å². The molecule has 0 bridgehead atoms. The molecule has 1 heterocycles. The third-order valence-electron chi connectivity index (χ3n) is 3.50. The summed E-state index contributed by atoms with van der Waals surface area (Å²) in [7, 11) is -3.59. The Morgan fingerprint density at radius 1 is 1.14 bits per heavy atom. The molecule has 0 fully saturated rings. The van der Waals surface area contributed by atoms with Crippen molar-refractivity contribution < 1.29 is 8.42 Å². The fourth-order valence-electron chi connectivity index (χ4n) is 2.01. The molecule has 0 radical (unpaired) electrons. The summed E-state index contributed by atoms with van der Waals surface area (Å²) < 4.78 is 27.1. The van der Waals surface area contributed by atoms with Gasteiger partial charge in [0, 0.05) is 5.69 Å². The Morgan fingerprint density at radius 3 is 2.38 bits per heavy atom. The Morgan fingerprint density at radius 2 is 1.81 bits per heavy atom. The molecule has 21 heavy (non-hydrogen) atoms. The quantitative estimate of drug-likeness (QED) is 0.916. The van der Waals surface area contributed by atoms with Crippen molar-refractivity contribution in [3.63, 3.8) is 0 Å². The Kier molecular flexibility index (Phi) is 4.63. The first-order chi connectivity index (χ1) is 9.92. The van der Waals surface area contributed by atoms with E-state index in [1.165, 1.54) is 0 Å². The Bertz CT molecular complexity index is 709. The molecule has 2 aromatic rings. The highest BCUT2D eigenvalue weighted by Crippen LogP contribution is 2.21. The normalized spacial score (nSPS) is 12.9. The second kappa shape index (κ2) is 6.26. The summed E-state index contributed by atoms with van der Waals surface area (Å²) in [5.74, 6) is 0.758. The van der Waals surface area contributed by atoms with Gasteiger partial charge in [-0.1, -0.05) is 32.0 Å². The molecule has 1 N–H and O–H groups in total. The van der Waals surface area contributed by atoms with E-state index in [2.05, 4.69) is 23.6 Å². The maximum absolute atomic E-state index is 12.3. The Hall–Kier alpha value is -1.88. The van der Waals surface area contributed by atoms with Crippen LogP contribution in [0.4, 0.5) is 5.82 Å². The molecular weight excluding hydrogens is 284 g/mol. The van der Waals surface area contributed by atoms with Crippen molar-refractivity contribution in [3.05, 3.63) is 53.7 Å². The summed E-state index contributed by atoms with van der Waals surface area (Å²) in [4.78, 5) is 4.40. The van der Waals surface area contributed by atoms with Crippen molar-refractivity contribution in [2.24, 2.45) is 0 Å². The summed E-state index contributed by atoms with van der Waals surface area (Å²) in [5.41, 5.74) is 1.91. The highest BCUT2D eigenvalue weighted by Gasteiger charge is 2.15. The third-order valence-corrected chi connectivity index (χ3v) is 4.87. The molecule has 0 saturated heterocycles. The fraction of sp³-hybridized carbons (Fsp3) is 0.312. The van der Waals surface area contributed by atoms with Gasteiger partial charge >= 0.3 is 0 Å². The molecule has 1 atom stereocenters. The number of nitrogens with one attached hydrogen (secondary N) is 1. The molecule has 0 amide bonds. The zero-order valence-electron chi connectivity index (χ0n) is 12.5. The van der Waals surface area contributed by atoms with Crippen LogP contribution in [0.3, 0.4) is 0 Å². The van der Waals surface area contributed by atoms with Gasteiger partial charge in [0.25, 0.3) is 10.0 Å². The van der Waals surface area contributed by atoms with E-state index in [0.29, 0.717) is 11.7 Å². The van der Waals surface area contributed by atoms with Gasteiger partial charge < -0.3 is 0 Å². The van der Waals surface area contributed by atoms with E-state index in [4.69, 9.17) is 0 Å². The smallest absolute Gasteiger partial charge is 0.263 e. The first kappa shape index (κ1) is 15.5. The minimum absolute atomic E-state index is 0.248. The predicted octanol–water partition coefficient (Wildman–Crippen LogP) is 3.70. The lowest BCUT2D eigenvalue weighted by Crippen LogP contribution is -2.14. The molecule has 1 aromatic carbocycles. The SMILES string of the molecule is CCC(C)c1ccc(S(=O)(=O)Nc2cccc(C)n2)cc1. The molecule has 4 nitrogen and oxygen atoms in total. The van der Waals surface area contributed by atoms with Crippen LogP contribution in [-0.4, -0.2) is 13.4 Å². The number of nitrogens with zero attached hydrogens (tertiary/aromatic N) is 1. The van der Waals surface area contributed by atoms with Crippen LogP contribution < -0.4 is 4.72 Å². The topological polar surface area (TPSA) is 59.1 Å². The fourth-order valence-corrected chi connectivity index (χ4v) is 3.01. The van der Waals surface area contributed by atoms with Gasteiger partial charge in [0.1, 0.15) is 5.82 Å². The van der Waals surface area contributed by atoms with Crippen molar-refractivity contribution in [3.8, 4) is 0 Å². The number of hydrogen-bond acceptors (Lipinski definition) is 3. The average molecular weight is 304 g/mol. The van der Waals surface area contributed by atoms with Gasteiger partial charge in [-0.25, -0.2) is 13.4 Å². The van der Waals surface area contributed by atoms with Crippen LogP contribution in [0.5, 0.6) is 0 Å². The number of aromatic nitrogens is 1. The second-order valence-electron chi connectivity index (χ2n) is 5.15. The molecule has 1 unspecified atom stereocenters. The van der Waals surface area contributed by atoms with Gasteiger partial charge in [-0.2, -0.15) is 0 Å². The first-order valence-corrected chi connectivity index (χ1v) is 8.47. The van der Waals surface area contributed by atoms with Gasteiger partial charge in [-0.3, -0.25) is 4.72 Å². The van der Waals surface area contributed by atoms with Crippen LogP contribution >= 0.6 is 0 Å². The minimum atomic E-state index is -3.59. The highest BCUT2D eigenvalue weighted by atomic mass is 32.2. The van der Waals surface area contributed by atoms with E-state index in [9.17, 15) is 8.42 Å². The Labute approximate surface area is 126 Å². The first-order valence-electron chi connectivity index (χ1n) is 6.99. The largest absolute Gasteiger partial charge is 0.263 e. The molecular formula is C16H20N2O2S. The average Bonchev–Trinajstić information content (AvgIpc) is 2.46. The van der Waals surface area contributed by atoms with E-state index in [1.54, 1.807) is 24.3 Å². The molecule has 0 aliphatic rings. The van der Waals surface area contributed by atoms with Gasteiger partial charge in [0.15, 0.2) is 0 Å². The van der Waals surface area contributed by atoms with Crippen molar-refractivity contribution in [1.82, 2.24) is 4.98 Å². The zero-order valence-corrected chi connectivity index (χ0v) is 13.3. The number of rotatable bonds is 5. The van der Waals surface area contributed by atoms with Crippen LogP contribution in [0, 0.1) is 6.92 Å². The van der Waals surface area contributed by atoms with Crippen LogP contribution in [0.15, 0.2) is 47.4 Å². The third kappa shape index (κ3) is 3.82. The van der Waals surface area contributed by atoms with Crippen LogP contribution in [0.2, 0.25) is 0 Å². The number of anilines is 1. The molecule has 1 aromatic heterocycles. The standard InChI is InChI=1S/C16H20N2O2S/c1-4-12(2)14-8-10-15(11-9-14)21(19,20)18-16-7-5-6-13(3)17-16/h5-12H,4H2,1-3H3,(H,17,18). The van der Waals surface area contributed by atoms with E-state index in [0.717, 1.165) is 17.7 Å². The molecule has 0 saturated carbocycles. The maximum atomic E-state index is 12.3. The summed E-state index contributed by atoms with van der Waals surface area (Å²) in [6, 6.07) is 12.2. The minimum Gasteiger partial charge on any atom is -0.263 e. The molecule has 0 aliphatic carbocycles. The number of sulfonamides is 1. The van der Waals surface area contributed by atoms with E-state index < -0.39 is 10.0 Å². The van der Waals surface area contributed by atoms with Gasteiger partial charge in [0.2, 0.25) is 0 Å². The molecule has 0 aliphatic heterocycles. The summed E-state index contributed by atoms with van der Waals surface area (Å²) in [6.45, 7) is 6.05. The monoisotopic (exact) mass is 304 g/mol. The van der Waals surface area contributed by atoms with Crippen LogP contribution in [0.25, 0.3) is 0 Å². The second-order valence-corrected chi connectivity index (χ2v) is 6.83. The van der Waals surface area contributed by atoms with Gasteiger partial charge in [0.05, 0.1) is 4.90 Å². The van der Waals surface area contributed by atoms with Crippen molar-refractivity contribution in [2.75, 3.05) is 4.72 Å². The van der Waals surface area contributed by atoms with Crippen LogP contribution in [0.1, 0.15) is 37.4 Å². The number of pyridine rings is 1. The maximum Gasteiger partial charge on any atom is 0.263 e. The Balaban J connectivity index is 2.23. The van der Waals surface area contributed by atoms with Crippen molar-refractivity contribution in [1.29, 1.82) is 0 Å². The lowest BCUT2D eigenvalue weighted by molar-refractivity contribution is 0.601. The summed E-state index contributed by atoms with van der Waals surface area (Å²) >= 11 is 0. The summed E-state index contributed by atoms with van der Waals surface area (Å²) in [5, 5.41) is 0. The van der Waals surface area contributed by atoms with E-state index in [1.807, 2.05) is 25.1 Å². The molecule has 112 valence electrons. The number of benzene rings is 1. The van der Waals surface area contributed by atoms with Gasteiger partial charge in [-0.05, 0) is 49.1 Å². The molecule has 5 heteroatoms. The van der Waals surface area contributed by atoms with E-state index >= 15 is 0 Å². The zero-order chi connectivity index (χ0) is 15.5. The number of aryl methyl sites for hydroxylation is 1. The van der Waals surface area contributed by atoms with E-state index in [-0.39, 0.29) is 4.90 Å². The molecule has 0 spiro atoms.